The van der Waals surface area contributed by atoms with Crippen molar-refractivity contribution in [2.24, 2.45) is 17.1 Å². The second-order valence-corrected chi connectivity index (χ2v) is 6.60. The maximum atomic E-state index is 9.79. The van der Waals surface area contributed by atoms with Crippen LogP contribution >= 0.6 is 11.3 Å². The number of fused-ring (bicyclic) bond motifs is 1. The Morgan fingerprint density at radius 1 is 1.27 bits per heavy atom. The van der Waals surface area contributed by atoms with E-state index in [4.69, 9.17) is 5.73 Å². The Bertz CT molecular complexity index is 766. The highest BCUT2D eigenvalue weighted by atomic mass is 32.1. The van der Waals surface area contributed by atoms with Crippen LogP contribution in [0.25, 0.3) is 0 Å². The molecule has 0 fully saturated rings. The van der Waals surface area contributed by atoms with Crippen LogP contribution < -0.4 is 5.73 Å². The highest BCUT2D eigenvalue weighted by Gasteiger charge is 2.54. The van der Waals surface area contributed by atoms with Crippen LogP contribution in [0.4, 0.5) is 0 Å². The first-order chi connectivity index (χ1) is 10.7. The van der Waals surface area contributed by atoms with Crippen LogP contribution in [0, 0.1) is 45.3 Å². The van der Waals surface area contributed by atoms with Gasteiger partial charge in [0.05, 0.1) is 29.5 Å². The molecule has 2 atom stereocenters. The highest BCUT2D eigenvalue weighted by molar-refractivity contribution is 7.10. The molecule has 0 bridgehead atoms. The summed E-state index contributed by atoms with van der Waals surface area (Å²) in [4.78, 5) is 0.973. The summed E-state index contributed by atoms with van der Waals surface area (Å²) in [6, 6.07) is 10.2. The average molecular weight is 306 g/mol. The number of nitrogens with two attached hydrogens (primary N) is 1. The fourth-order valence-electron chi connectivity index (χ4n) is 3.68. The molecule has 4 nitrogen and oxygen atoms in total. The largest absolute Gasteiger partial charge is 0.398 e. The molecule has 1 heterocycles. The molecule has 0 saturated heterocycles. The first kappa shape index (κ1) is 14.4. The van der Waals surface area contributed by atoms with Gasteiger partial charge >= 0.3 is 0 Å². The minimum absolute atomic E-state index is 0.0313. The average Bonchev–Trinajstić information content (AvgIpc) is 3.08. The quantitative estimate of drug-likeness (QED) is 0.860. The summed E-state index contributed by atoms with van der Waals surface area (Å²) in [5.74, 6) is -0.292. The van der Waals surface area contributed by atoms with Crippen molar-refractivity contribution in [3.63, 3.8) is 0 Å². The van der Waals surface area contributed by atoms with Crippen molar-refractivity contribution < 1.29 is 0 Å². The van der Waals surface area contributed by atoms with Gasteiger partial charge in [-0.15, -0.1) is 11.3 Å². The molecule has 0 aromatic carbocycles. The zero-order valence-corrected chi connectivity index (χ0v) is 12.7. The monoisotopic (exact) mass is 306 g/mol. The first-order valence-electron chi connectivity index (χ1n) is 7.16. The van der Waals surface area contributed by atoms with E-state index in [9.17, 15) is 15.8 Å². The van der Waals surface area contributed by atoms with Crippen molar-refractivity contribution in [2.75, 3.05) is 0 Å². The number of nitriles is 3. The predicted octanol–water partition coefficient (Wildman–Crippen LogP) is 3.34. The van der Waals surface area contributed by atoms with E-state index in [1.165, 1.54) is 11.3 Å². The van der Waals surface area contributed by atoms with Crippen LogP contribution in [-0.2, 0) is 0 Å². The van der Waals surface area contributed by atoms with Gasteiger partial charge in [-0.05, 0) is 42.2 Å². The molecular weight excluding hydrogens is 292 g/mol. The van der Waals surface area contributed by atoms with Crippen molar-refractivity contribution in [1.82, 2.24) is 0 Å². The van der Waals surface area contributed by atoms with E-state index >= 15 is 0 Å². The zero-order chi connectivity index (χ0) is 15.7. The van der Waals surface area contributed by atoms with Gasteiger partial charge in [0.25, 0.3) is 0 Å². The molecule has 108 valence electrons. The molecule has 22 heavy (non-hydrogen) atoms. The summed E-state index contributed by atoms with van der Waals surface area (Å²) >= 11 is 1.53. The summed E-state index contributed by atoms with van der Waals surface area (Å²) in [6.45, 7) is 0. The third-order valence-corrected chi connectivity index (χ3v) is 5.60. The number of thiophene rings is 1. The van der Waals surface area contributed by atoms with E-state index in [1.54, 1.807) is 0 Å². The van der Waals surface area contributed by atoms with E-state index in [0.29, 0.717) is 5.70 Å². The molecule has 0 unspecified atom stereocenters. The highest BCUT2D eigenvalue weighted by Crippen LogP contribution is 2.56. The molecule has 2 N–H and O–H groups in total. The molecule has 0 amide bonds. The van der Waals surface area contributed by atoms with Crippen LogP contribution in [0.1, 0.15) is 30.1 Å². The summed E-state index contributed by atoms with van der Waals surface area (Å²) in [5, 5.41) is 31.1. The molecule has 0 saturated carbocycles. The smallest absolute Gasteiger partial charge is 0.188 e. The Morgan fingerprint density at radius 2 is 2.05 bits per heavy atom. The number of hydrogen-bond acceptors (Lipinski definition) is 5. The lowest BCUT2D eigenvalue weighted by Gasteiger charge is -2.42. The number of allylic oxidation sites excluding steroid dienone is 3. The Kier molecular flexibility index (Phi) is 3.49. The molecule has 2 aliphatic rings. The fourth-order valence-corrected chi connectivity index (χ4v) is 4.64. The Balaban J connectivity index is 2.34. The maximum absolute atomic E-state index is 9.79. The molecule has 3 rings (SSSR count). The van der Waals surface area contributed by atoms with Crippen LogP contribution in [0.2, 0.25) is 0 Å². The van der Waals surface area contributed by atoms with E-state index in [1.807, 2.05) is 23.6 Å². The topological polar surface area (TPSA) is 97.4 Å². The van der Waals surface area contributed by atoms with Gasteiger partial charge in [-0.1, -0.05) is 12.1 Å². The summed E-state index contributed by atoms with van der Waals surface area (Å²) < 4.78 is 0. The van der Waals surface area contributed by atoms with E-state index in [2.05, 4.69) is 18.2 Å². The van der Waals surface area contributed by atoms with Gasteiger partial charge in [0.1, 0.15) is 0 Å². The van der Waals surface area contributed by atoms with Gasteiger partial charge in [0.2, 0.25) is 0 Å². The van der Waals surface area contributed by atoms with Gasteiger partial charge in [0, 0.05) is 10.8 Å². The second kappa shape index (κ2) is 5.34. The second-order valence-electron chi connectivity index (χ2n) is 5.62. The van der Waals surface area contributed by atoms with Crippen LogP contribution in [0.3, 0.4) is 0 Å². The maximum Gasteiger partial charge on any atom is 0.188 e. The number of hydrogen-bond donors (Lipinski definition) is 1. The summed E-state index contributed by atoms with van der Waals surface area (Å²) in [6.07, 6.45) is 4.89. The van der Waals surface area contributed by atoms with E-state index in [0.717, 1.165) is 29.7 Å². The SMILES string of the molecule is N#CC1=C(N)C2=CCCC[C@@H]2[C@@H](c2cccs2)C1(C#N)C#N. The normalized spacial score (nSPS) is 26.1. The summed E-state index contributed by atoms with van der Waals surface area (Å²) in [7, 11) is 0. The lowest BCUT2D eigenvalue weighted by atomic mass is 9.57. The molecule has 2 aliphatic carbocycles. The van der Waals surface area contributed by atoms with Crippen molar-refractivity contribution >= 4 is 11.3 Å². The zero-order valence-electron chi connectivity index (χ0n) is 11.9. The molecular formula is C17H14N4S. The third kappa shape index (κ3) is 1.78. The lowest BCUT2D eigenvalue weighted by molar-refractivity contribution is 0.326. The molecule has 1 aromatic heterocycles. The Morgan fingerprint density at radius 3 is 2.64 bits per heavy atom. The van der Waals surface area contributed by atoms with Crippen molar-refractivity contribution in [1.29, 1.82) is 15.8 Å². The standard InChI is InChI=1S/C17H14N4S/c18-8-13-16(21)12-5-2-1-4-11(12)15(14-6-3-7-22-14)17(13,9-19)10-20/h3,5-7,11,15H,1-2,4,21H2/t11-,15-/m0/s1. The summed E-state index contributed by atoms with van der Waals surface area (Å²) in [5.41, 5.74) is 6.07. The Labute approximate surface area is 133 Å². The van der Waals surface area contributed by atoms with Gasteiger partial charge in [-0.3, -0.25) is 0 Å². The Hall–Kier alpha value is -2.55. The van der Waals surface area contributed by atoms with Crippen LogP contribution in [-0.4, -0.2) is 0 Å². The molecule has 0 spiro atoms. The third-order valence-electron chi connectivity index (χ3n) is 4.64. The molecule has 0 aliphatic heterocycles. The first-order valence-corrected chi connectivity index (χ1v) is 8.04. The van der Waals surface area contributed by atoms with Gasteiger partial charge in [-0.25, -0.2) is 0 Å². The minimum Gasteiger partial charge on any atom is -0.398 e. The van der Waals surface area contributed by atoms with Crippen molar-refractivity contribution in [3.8, 4) is 18.2 Å². The van der Waals surface area contributed by atoms with Gasteiger partial charge < -0.3 is 5.73 Å². The van der Waals surface area contributed by atoms with Crippen molar-refractivity contribution in [3.05, 3.63) is 45.3 Å². The fraction of sp³-hybridized carbons (Fsp3) is 0.353. The minimum atomic E-state index is -1.50. The molecule has 5 heteroatoms. The van der Waals surface area contributed by atoms with Gasteiger partial charge in [0.15, 0.2) is 5.41 Å². The van der Waals surface area contributed by atoms with Crippen LogP contribution in [0.5, 0.6) is 0 Å². The van der Waals surface area contributed by atoms with Crippen LogP contribution in [0.15, 0.2) is 40.4 Å². The van der Waals surface area contributed by atoms with E-state index < -0.39 is 5.41 Å². The predicted molar refractivity (Wildman–Crippen MR) is 83.0 cm³/mol. The number of nitrogens with zero attached hydrogens (tertiary/aromatic N) is 3. The molecule has 1 aromatic rings. The van der Waals surface area contributed by atoms with E-state index in [-0.39, 0.29) is 17.4 Å². The van der Waals surface area contributed by atoms with Crippen molar-refractivity contribution in [2.45, 2.75) is 25.2 Å². The molecule has 0 radical (unpaired) electrons. The lowest BCUT2D eigenvalue weighted by Crippen LogP contribution is -2.41. The van der Waals surface area contributed by atoms with Gasteiger partial charge in [-0.2, -0.15) is 15.8 Å². The number of rotatable bonds is 1.